The van der Waals surface area contributed by atoms with E-state index in [0.29, 0.717) is 11.3 Å². The fourth-order valence-corrected chi connectivity index (χ4v) is 2.86. The molecule has 2 amide bonds. The van der Waals surface area contributed by atoms with Crippen molar-refractivity contribution in [3.63, 3.8) is 0 Å². The molecule has 0 aliphatic heterocycles. The SMILES string of the molecule is COc1ccccc1C(C)NCC(=O)Nc1ccccc1C(=O)NC1CC1. The highest BCUT2D eigenvalue weighted by molar-refractivity contribution is 6.04. The van der Waals surface area contributed by atoms with E-state index in [0.717, 1.165) is 24.2 Å². The normalized spacial score (nSPS) is 14.3. The highest BCUT2D eigenvalue weighted by atomic mass is 16.5. The van der Waals surface area contributed by atoms with Crippen molar-refractivity contribution in [2.75, 3.05) is 19.0 Å². The molecule has 1 aliphatic carbocycles. The number of para-hydroxylation sites is 2. The molecule has 2 aromatic carbocycles. The quantitative estimate of drug-likeness (QED) is 0.670. The smallest absolute Gasteiger partial charge is 0.253 e. The summed E-state index contributed by atoms with van der Waals surface area (Å²) in [6.45, 7) is 2.10. The summed E-state index contributed by atoms with van der Waals surface area (Å²) in [4.78, 5) is 24.7. The zero-order valence-corrected chi connectivity index (χ0v) is 15.6. The molecule has 0 aromatic heterocycles. The fourth-order valence-electron chi connectivity index (χ4n) is 2.86. The number of rotatable bonds is 8. The summed E-state index contributed by atoms with van der Waals surface area (Å²) in [5.74, 6) is 0.423. The Labute approximate surface area is 159 Å². The van der Waals surface area contributed by atoms with Gasteiger partial charge in [-0.2, -0.15) is 0 Å². The highest BCUT2D eigenvalue weighted by Gasteiger charge is 2.25. The first kappa shape index (κ1) is 18.9. The molecule has 0 heterocycles. The van der Waals surface area contributed by atoms with E-state index in [1.54, 1.807) is 31.4 Å². The molecule has 2 aromatic rings. The van der Waals surface area contributed by atoms with Crippen LogP contribution in [0.5, 0.6) is 5.75 Å². The Morgan fingerprint density at radius 3 is 2.56 bits per heavy atom. The van der Waals surface area contributed by atoms with Gasteiger partial charge < -0.3 is 20.7 Å². The van der Waals surface area contributed by atoms with Crippen LogP contribution >= 0.6 is 0 Å². The number of nitrogens with one attached hydrogen (secondary N) is 3. The maximum absolute atomic E-state index is 12.4. The summed E-state index contributed by atoms with van der Waals surface area (Å²) < 4.78 is 5.36. The molecule has 1 aliphatic rings. The third-order valence-corrected chi connectivity index (χ3v) is 4.53. The number of benzene rings is 2. The number of carbonyl (C=O) groups is 2. The van der Waals surface area contributed by atoms with Gasteiger partial charge in [0.1, 0.15) is 5.75 Å². The molecule has 1 unspecified atom stereocenters. The molecular formula is C21H25N3O3. The zero-order chi connectivity index (χ0) is 19.2. The van der Waals surface area contributed by atoms with Crippen LogP contribution in [0.3, 0.4) is 0 Å². The fraction of sp³-hybridized carbons (Fsp3) is 0.333. The van der Waals surface area contributed by atoms with Gasteiger partial charge in [0.05, 0.1) is 24.9 Å². The minimum atomic E-state index is -0.205. The lowest BCUT2D eigenvalue weighted by Gasteiger charge is -2.17. The Bertz CT molecular complexity index is 818. The van der Waals surface area contributed by atoms with E-state index in [1.165, 1.54) is 0 Å². The Hall–Kier alpha value is -2.86. The average Bonchev–Trinajstić information content (AvgIpc) is 3.50. The van der Waals surface area contributed by atoms with Crippen LogP contribution in [-0.4, -0.2) is 31.5 Å². The molecule has 0 saturated heterocycles. The van der Waals surface area contributed by atoms with E-state index in [4.69, 9.17) is 4.74 Å². The summed E-state index contributed by atoms with van der Waals surface area (Å²) in [6.07, 6.45) is 2.04. The van der Waals surface area contributed by atoms with E-state index in [2.05, 4.69) is 16.0 Å². The zero-order valence-electron chi connectivity index (χ0n) is 15.6. The molecule has 6 heteroatoms. The first-order valence-electron chi connectivity index (χ1n) is 9.14. The maximum atomic E-state index is 12.4. The molecule has 27 heavy (non-hydrogen) atoms. The van der Waals surface area contributed by atoms with E-state index in [9.17, 15) is 9.59 Å². The first-order chi connectivity index (χ1) is 13.1. The summed E-state index contributed by atoms with van der Waals surface area (Å²) in [7, 11) is 1.63. The molecule has 1 atom stereocenters. The lowest BCUT2D eigenvalue weighted by atomic mass is 10.1. The standard InChI is InChI=1S/C21H25N3O3/c1-14(16-7-4-6-10-19(16)27-2)22-13-20(25)24-18-9-5-3-8-17(18)21(26)23-15-11-12-15/h3-10,14-15,22H,11-13H2,1-2H3,(H,23,26)(H,24,25). The summed E-state index contributed by atoms with van der Waals surface area (Å²) >= 11 is 0. The third kappa shape index (κ3) is 5.08. The van der Waals surface area contributed by atoms with Crippen LogP contribution in [0.1, 0.15) is 41.7 Å². The number of ether oxygens (including phenoxy) is 1. The van der Waals surface area contributed by atoms with Crippen LogP contribution < -0.4 is 20.7 Å². The lowest BCUT2D eigenvalue weighted by Crippen LogP contribution is -2.31. The number of hydrogen-bond acceptors (Lipinski definition) is 4. The van der Waals surface area contributed by atoms with Crippen molar-refractivity contribution < 1.29 is 14.3 Å². The van der Waals surface area contributed by atoms with Crippen LogP contribution in [0.2, 0.25) is 0 Å². The molecule has 1 saturated carbocycles. The van der Waals surface area contributed by atoms with Gasteiger partial charge in [0.25, 0.3) is 5.91 Å². The number of hydrogen-bond donors (Lipinski definition) is 3. The molecule has 6 nitrogen and oxygen atoms in total. The summed E-state index contributed by atoms with van der Waals surface area (Å²) in [5.41, 5.74) is 1.99. The predicted molar refractivity (Wildman–Crippen MR) is 105 cm³/mol. The van der Waals surface area contributed by atoms with Crippen molar-refractivity contribution in [2.45, 2.75) is 31.8 Å². The van der Waals surface area contributed by atoms with Gasteiger partial charge >= 0.3 is 0 Å². The van der Waals surface area contributed by atoms with Crippen molar-refractivity contribution >= 4 is 17.5 Å². The van der Waals surface area contributed by atoms with Crippen molar-refractivity contribution in [2.24, 2.45) is 0 Å². The van der Waals surface area contributed by atoms with Gasteiger partial charge in [-0.05, 0) is 38.0 Å². The topological polar surface area (TPSA) is 79.5 Å². The Morgan fingerprint density at radius 1 is 1.11 bits per heavy atom. The molecular weight excluding hydrogens is 342 g/mol. The van der Waals surface area contributed by atoms with Crippen LogP contribution in [0.15, 0.2) is 48.5 Å². The minimum absolute atomic E-state index is 0.0553. The highest BCUT2D eigenvalue weighted by Crippen LogP contribution is 2.24. The third-order valence-electron chi connectivity index (χ3n) is 4.53. The van der Waals surface area contributed by atoms with Crippen molar-refractivity contribution in [1.29, 1.82) is 0 Å². The Balaban J connectivity index is 1.58. The molecule has 3 N–H and O–H groups in total. The minimum Gasteiger partial charge on any atom is -0.496 e. The Kier molecular flexibility index (Phi) is 6.08. The van der Waals surface area contributed by atoms with Crippen LogP contribution in [0.25, 0.3) is 0 Å². The van der Waals surface area contributed by atoms with Gasteiger partial charge in [0.2, 0.25) is 5.91 Å². The Morgan fingerprint density at radius 2 is 1.81 bits per heavy atom. The van der Waals surface area contributed by atoms with Crippen LogP contribution in [0, 0.1) is 0 Å². The molecule has 0 spiro atoms. The monoisotopic (exact) mass is 367 g/mol. The molecule has 0 bridgehead atoms. The van der Waals surface area contributed by atoms with Gasteiger partial charge in [-0.25, -0.2) is 0 Å². The van der Waals surface area contributed by atoms with Gasteiger partial charge in [0, 0.05) is 17.6 Å². The summed E-state index contributed by atoms with van der Waals surface area (Å²) in [5, 5.41) is 8.97. The second-order valence-corrected chi connectivity index (χ2v) is 6.69. The maximum Gasteiger partial charge on any atom is 0.253 e. The average molecular weight is 367 g/mol. The van der Waals surface area contributed by atoms with E-state index in [-0.39, 0.29) is 30.4 Å². The molecule has 3 rings (SSSR count). The lowest BCUT2D eigenvalue weighted by molar-refractivity contribution is -0.115. The van der Waals surface area contributed by atoms with Gasteiger partial charge in [-0.3, -0.25) is 9.59 Å². The van der Waals surface area contributed by atoms with Crippen LogP contribution in [-0.2, 0) is 4.79 Å². The second kappa shape index (κ2) is 8.68. The van der Waals surface area contributed by atoms with Crippen molar-refractivity contribution in [3.8, 4) is 5.75 Å². The van der Waals surface area contributed by atoms with Gasteiger partial charge in [-0.1, -0.05) is 30.3 Å². The van der Waals surface area contributed by atoms with Gasteiger partial charge in [0.15, 0.2) is 0 Å². The largest absolute Gasteiger partial charge is 0.496 e. The second-order valence-electron chi connectivity index (χ2n) is 6.69. The number of carbonyl (C=O) groups excluding carboxylic acids is 2. The predicted octanol–water partition coefficient (Wildman–Crippen LogP) is 2.88. The number of methoxy groups -OCH3 is 1. The van der Waals surface area contributed by atoms with Crippen molar-refractivity contribution in [3.05, 3.63) is 59.7 Å². The molecule has 142 valence electrons. The van der Waals surface area contributed by atoms with Crippen molar-refractivity contribution in [1.82, 2.24) is 10.6 Å². The van der Waals surface area contributed by atoms with Gasteiger partial charge in [-0.15, -0.1) is 0 Å². The van der Waals surface area contributed by atoms with Crippen LogP contribution in [0.4, 0.5) is 5.69 Å². The summed E-state index contributed by atoms with van der Waals surface area (Å²) in [6, 6.07) is 15.0. The van der Waals surface area contributed by atoms with E-state index < -0.39 is 0 Å². The first-order valence-corrected chi connectivity index (χ1v) is 9.14. The number of amides is 2. The van der Waals surface area contributed by atoms with E-state index in [1.807, 2.05) is 31.2 Å². The van der Waals surface area contributed by atoms with E-state index >= 15 is 0 Å². The molecule has 1 fully saturated rings. The molecule has 0 radical (unpaired) electrons. The number of anilines is 1.